The molecule has 3 N–H and O–H groups in total. The van der Waals surface area contributed by atoms with Gasteiger partial charge in [-0.25, -0.2) is 0 Å². The number of halogens is 4. The van der Waals surface area contributed by atoms with E-state index in [1.54, 1.807) is 25.1 Å². The first-order valence-electron chi connectivity index (χ1n) is 10.7. The standard InChI is InChI=1S/C23H27ClF3N3O2S/c1-2-33(32)21-6-5-19(24)9-18(21)12-29-22(31)16-3-4-17(20(10-16)23(25,26)27)14-30-8-7-15(11-28)13-30/h3-6,9-10,15H,2,7-8,11-14,28H2,1H3,(H,29,31)/t15-,33?/m1/s1. The van der Waals surface area contributed by atoms with Crippen molar-refractivity contribution in [3.05, 3.63) is 63.7 Å². The summed E-state index contributed by atoms with van der Waals surface area (Å²) in [5.41, 5.74) is 5.46. The number of carbonyl (C=O) groups excluding carboxylic acids is 1. The van der Waals surface area contributed by atoms with Crippen molar-refractivity contribution < 1.29 is 22.2 Å². The quantitative estimate of drug-likeness (QED) is 0.568. The Labute approximate surface area is 198 Å². The third kappa shape index (κ3) is 6.56. The summed E-state index contributed by atoms with van der Waals surface area (Å²) in [7, 11) is -1.27. The highest BCUT2D eigenvalue weighted by molar-refractivity contribution is 7.85. The van der Waals surface area contributed by atoms with E-state index in [4.69, 9.17) is 17.3 Å². The van der Waals surface area contributed by atoms with Gasteiger partial charge >= 0.3 is 6.18 Å². The Morgan fingerprint density at radius 2 is 2.00 bits per heavy atom. The van der Waals surface area contributed by atoms with Crippen molar-refractivity contribution in [3.8, 4) is 0 Å². The Balaban J connectivity index is 1.77. The zero-order valence-electron chi connectivity index (χ0n) is 18.3. The average molecular weight is 502 g/mol. The van der Waals surface area contributed by atoms with Crippen molar-refractivity contribution in [1.82, 2.24) is 10.2 Å². The molecule has 180 valence electrons. The van der Waals surface area contributed by atoms with E-state index in [1.807, 2.05) is 4.90 Å². The van der Waals surface area contributed by atoms with Gasteiger partial charge in [0, 0.05) is 40.9 Å². The van der Waals surface area contributed by atoms with Crippen LogP contribution in [0.25, 0.3) is 0 Å². The highest BCUT2D eigenvalue weighted by Gasteiger charge is 2.35. The molecule has 0 radical (unpaired) electrons. The Morgan fingerprint density at radius 3 is 2.64 bits per heavy atom. The first-order valence-corrected chi connectivity index (χ1v) is 12.4. The van der Waals surface area contributed by atoms with Gasteiger partial charge in [0.05, 0.1) is 16.4 Å². The molecule has 2 atom stereocenters. The average Bonchev–Trinajstić information content (AvgIpc) is 3.24. The third-order valence-electron chi connectivity index (χ3n) is 5.74. The van der Waals surface area contributed by atoms with Gasteiger partial charge in [0.25, 0.3) is 5.91 Å². The monoisotopic (exact) mass is 501 g/mol. The molecule has 1 unspecified atom stereocenters. The van der Waals surface area contributed by atoms with Gasteiger partial charge < -0.3 is 11.1 Å². The molecular formula is C23H27ClF3N3O2S. The van der Waals surface area contributed by atoms with Crippen molar-refractivity contribution in [2.24, 2.45) is 11.7 Å². The number of nitrogens with one attached hydrogen (secondary N) is 1. The van der Waals surface area contributed by atoms with Crippen LogP contribution in [0.5, 0.6) is 0 Å². The summed E-state index contributed by atoms with van der Waals surface area (Å²) in [4.78, 5) is 15.2. The molecule has 0 saturated carbocycles. The van der Waals surface area contributed by atoms with Gasteiger partial charge in [-0.3, -0.25) is 13.9 Å². The van der Waals surface area contributed by atoms with Gasteiger partial charge in [-0.2, -0.15) is 13.2 Å². The smallest absolute Gasteiger partial charge is 0.348 e. The van der Waals surface area contributed by atoms with Gasteiger partial charge in [-0.1, -0.05) is 24.6 Å². The topological polar surface area (TPSA) is 75.4 Å². The van der Waals surface area contributed by atoms with E-state index in [1.165, 1.54) is 12.1 Å². The number of benzene rings is 2. The SMILES string of the molecule is CCS(=O)c1ccc(Cl)cc1CNC(=O)c1ccc(CN2CC[C@H](CN)C2)c(C(F)(F)F)c1. The van der Waals surface area contributed by atoms with E-state index < -0.39 is 28.4 Å². The predicted molar refractivity (Wildman–Crippen MR) is 123 cm³/mol. The van der Waals surface area contributed by atoms with Gasteiger partial charge in [0.2, 0.25) is 0 Å². The molecular weight excluding hydrogens is 475 g/mol. The van der Waals surface area contributed by atoms with Crippen LogP contribution < -0.4 is 11.1 Å². The summed E-state index contributed by atoms with van der Waals surface area (Å²) >= 11 is 6.03. The zero-order chi connectivity index (χ0) is 24.2. The molecule has 2 aromatic carbocycles. The number of carbonyl (C=O) groups is 1. The summed E-state index contributed by atoms with van der Waals surface area (Å²) in [5, 5.41) is 3.04. The minimum Gasteiger partial charge on any atom is -0.348 e. The minimum absolute atomic E-state index is 0.00216. The fraction of sp³-hybridized carbons (Fsp3) is 0.435. The molecule has 0 aromatic heterocycles. The summed E-state index contributed by atoms with van der Waals surface area (Å²) in [6, 6.07) is 8.50. The molecule has 1 saturated heterocycles. The lowest BCUT2D eigenvalue weighted by Crippen LogP contribution is -2.26. The van der Waals surface area contributed by atoms with E-state index in [9.17, 15) is 22.2 Å². The Morgan fingerprint density at radius 1 is 1.24 bits per heavy atom. The molecule has 10 heteroatoms. The summed E-state index contributed by atoms with van der Waals surface area (Å²) in [5.74, 6) is 0.0367. The molecule has 33 heavy (non-hydrogen) atoms. The number of nitrogens with two attached hydrogens (primary N) is 1. The summed E-state index contributed by atoms with van der Waals surface area (Å²) in [6.07, 6.45) is -3.72. The number of hydrogen-bond acceptors (Lipinski definition) is 4. The van der Waals surface area contributed by atoms with Gasteiger partial charge in [-0.15, -0.1) is 0 Å². The molecule has 5 nitrogen and oxygen atoms in total. The zero-order valence-corrected chi connectivity index (χ0v) is 19.8. The van der Waals surface area contributed by atoms with Crippen LogP contribution >= 0.6 is 11.6 Å². The van der Waals surface area contributed by atoms with Crippen LogP contribution in [0.3, 0.4) is 0 Å². The van der Waals surface area contributed by atoms with Gasteiger partial charge in [-0.05, 0) is 66.9 Å². The maximum absolute atomic E-state index is 13.8. The minimum atomic E-state index is -4.59. The first kappa shape index (κ1) is 25.7. The highest BCUT2D eigenvalue weighted by Crippen LogP contribution is 2.34. The Hall–Kier alpha value is -1.94. The number of rotatable bonds is 8. The fourth-order valence-electron chi connectivity index (χ4n) is 3.95. The van der Waals surface area contributed by atoms with Crippen molar-refractivity contribution in [2.45, 2.75) is 37.5 Å². The van der Waals surface area contributed by atoms with E-state index in [0.717, 1.165) is 12.5 Å². The van der Waals surface area contributed by atoms with E-state index in [-0.39, 0.29) is 24.2 Å². The van der Waals surface area contributed by atoms with Crippen LogP contribution in [-0.4, -0.2) is 40.4 Å². The lowest BCUT2D eigenvalue weighted by Gasteiger charge is -2.20. The third-order valence-corrected chi connectivity index (χ3v) is 7.39. The Kier molecular flexibility index (Phi) is 8.55. The van der Waals surface area contributed by atoms with E-state index >= 15 is 0 Å². The number of alkyl halides is 3. The number of nitrogens with zero attached hydrogens (tertiary/aromatic N) is 1. The molecule has 1 aliphatic rings. The molecule has 1 heterocycles. The van der Waals surface area contributed by atoms with Crippen LogP contribution in [0, 0.1) is 5.92 Å². The molecule has 0 bridgehead atoms. The lowest BCUT2D eigenvalue weighted by atomic mass is 10.0. The highest BCUT2D eigenvalue weighted by atomic mass is 35.5. The van der Waals surface area contributed by atoms with Gasteiger partial charge in [0.15, 0.2) is 0 Å². The van der Waals surface area contributed by atoms with Crippen molar-refractivity contribution in [1.29, 1.82) is 0 Å². The molecule has 1 amide bonds. The second-order valence-electron chi connectivity index (χ2n) is 8.06. The number of likely N-dealkylation sites (tertiary alicyclic amines) is 1. The van der Waals surface area contributed by atoms with Crippen LogP contribution in [0.4, 0.5) is 13.2 Å². The molecule has 3 rings (SSSR count). The largest absolute Gasteiger partial charge is 0.416 e. The predicted octanol–water partition coefficient (Wildman–Crippen LogP) is 4.20. The van der Waals surface area contributed by atoms with E-state index in [2.05, 4.69) is 5.32 Å². The number of amides is 1. The molecule has 2 aromatic rings. The second-order valence-corrected chi connectivity index (χ2v) is 10.2. The lowest BCUT2D eigenvalue weighted by molar-refractivity contribution is -0.138. The Bertz CT molecular complexity index is 1030. The fourth-order valence-corrected chi connectivity index (χ4v) is 5.10. The number of hydrogen-bond donors (Lipinski definition) is 2. The second kappa shape index (κ2) is 11.0. The van der Waals surface area contributed by atoms with Gasteiger partial charge in [0.1, 0.15) is 0 Å². The molecule has 0 spiro atoms. The molecule has 0 aliphatic carbocycles. The van der Waals surface area contributed by atoms with Crippen molar-refractivity contribution in [2.75, 3.05) is 25.4 Å². The van der Waals surface area contributed by atoms with Crippen LogP contribution in [0.2, 0.25) is 5.02 Å². The van der Waals surface area contributed by atoms with E-state index in [0.29, 0.717) is 46.8 Å². The molecule has 1 aliphatic heterocycles. The first-order chi connectivity index (χ1) is 15.6. The van der Waals surface area contributed by atoms with Crippen molar-refractivity contribution >= 4 is 28.3 Å². The molecule has 1 fully saturated rings. The van der Waals surface area contributed by atoms with Crippen LogP contribution in [-0.2, 0) is 30.1 Å². The maximum atomic E-state index is 13.8. The summed E-state index contributed by atoms with van der Waals surface area (Å²) < 4.78 is 53.6. The normalized spacial score (nSPS) is 17.8. The summed E-state index contributed by atoms with van der Waals surface area (Å²) in [6.45, 7) is 3.80. The van der Waals surface area contributed by atoms with Crippen LogP contribution in [0.15, 0.2) is 41.3 Å². The van der Waals surface area contributed by atoms with Crippen molar-refractivity contribution in [3.63, 3.8) is 0 Å². The van der Waals surface area contributed by atoms with Crippen LogP contribution in [0.1, 0.15) is 40.4 Å². The maximum Gasteiger partial charge on any atom is 0.416 e.